The van der Waals surface area contributed by atoms with Crippen molar-refractivity contribution in [1.29, 1.82) is 0 Å². The van der Waals surface area contributed by atoms with Crippen LogP contribution in [-0.4, -0.2) is 39.4 Å². The van der Waals surface area contributed by atoms with Gasteiger partial charge in [-0.1, -0.05) is 57.5 Å². The molecule has 0 saturated carbocycles. The van der Waals surface area contributed by atoms with Gasteiger partial charge in [0, 0.05) is 18.7 Å². The summed E-state index contributed by atoms with van der Waals surface area (Å²) >= 11 is 0. The predicted molar refractivity (Wildman–Crippen MR) is 133 cm³/mol. The highest BCUT2D eigenvalue weighted by Crippen LogP contribution is 2.22. The summed E-state index contributed by atoms with van der Waals surface area (Å²) in [5.74, 6) is 1.37. The SMILES string of the molecule is Cc1ccc(C(=O)NC(C)c2nc3ccccc3n2CC(=O)N(CC(C)C)CC(C)C)cc1. The molecule has 0 fully saturated rings. The number of carbonyl (C=O) groups excluding carboxylic acids is 2. The van der Waals surface area contributed by atoms with E-state index in [2.05, 4.69) is 33.0 Å². The fraction of sp³-hybridized carbons (Fsp3) is 0.444. The minimum absolute atomic E-state index is 0.0684. The topological polar surface area (TPSA) is 67.2 Å². The second-order valence-electron chi connectivity index (χ2n) is 9.69. The lowest BCUT2D eigenvalue weighted by atomic mass is 10.1. The number of aryl methyl sites for hydroxylation is 1. The average molecular weight is 449 g/mol. The van der Waals surface area contributed by atoms with E-state index < -0.39 is 0 Å². The van der Waals surface area contributed by atoms with Gasteiger partial charge < -0.3 is 14.8 Å². The van der Waals surface area contributed by atoms with Crippen molar-refractivity contribution in [2.45, 2.75) is 54.1 Å². The summed E-state index contributed by atoms with van der Waals surface area (Å²) in [6, 6.07) is 14.9. The first kappa shape index (κ1) is 24.5. The van der Waals surface area contributed by atoms with Crippen LogP contribution in [0.25, 0.3) is 11.0 Å². The molecule has 0 aliphatic carbocycles. The Morgan fingerprint density at radius 2 is 1.55 bits per heavy atom. The number of nitrogens with one attached hydrogen (secondary N) is 1. The standard InChI is InChI=1S/C27H36N4O2/c1-18(2)15-30(16-19(3)4)25(32)17-31-24-10-8-7-9-23(24)29-26(31)21(6)28-27(33)22-13-11-20(5)12-14-22/h7-14,18-19,21H,15-17H2,1-6H3,(H,28,33). The number of para-hydroxylation sites is 2. The Hall–Kier alpha value is -3.15. The Bertz CT molecular complexity index is 1090. The van der Waals surface area contributed by atoms with E-state index in [1.807, 2.05) is 71.8 Å². The molecule has 3 aromatic rings. The van der Waals surface area contributed by atoms with Crippen molar-refractivity contribution in [3.05, 3.63) is 65.5 Å². The highest BCUT2D eigenvalue weighted by Gasteiger charge is 2.23. The molecule has 2 amide bonds. The van der Waals surface area contributed by atoms with Gasteiger partial charge >= 0.3 is 0 Å². The molecule has 0 saturated heterocycles. The van der Waals surface area contributed by atoms with E-state index >= 15 is 0 Å². The molecule has 1 aromatic heterocycles. The van der Waals surface area contributed by atoms with Crippen molar-refractivity contribution in [1.82, 2.24) is 19.8 Å². The number of amides is 2. The van der Waals surface area contributed by atoms with Crippen LogP contribution in [0.5, 0.6) is 0 Å². The number of hydrogen-bond donors (Lipinski definition) is 1. The number of hydrogen-bond acceptors (Lipinski definition) is 3. The van der Waals surface area contributed by atoms with Gasteiger partial charge in [-0.25, -0.2) is 4.98 Å². The lowest BCUT2D eigenvalue weighted by molar-refractivity contribution is -0.132. The lowest BCUT2D eigenvalue weighted by Gasteiger charge is -2.27. The first-order valence-electron chi connectivity index (χ1n) is 11.8. The van der Waals surface area contributed by atoms with Gasteiger partial charge in [0.2, 0.25) is 5.91 Å². The lowest BCUT2D eigenvalue weighted by Crippen LogP contribution is -2.39. The average Bonchev–Trinajstić information content (AvgIpc) is 3.11. The second kappa shape index (κ2) is 10.6. The number of aromatic nitrogens is 2. The van der Waals surface area contributed by atoms with Gasteiger partial charge in [-0.15, -0.1) is 0 Å². The van der Waals surface area contributed by atoms with E-state index in [4.69, 9.17) is 4.98 Å². The molecule has 33 heavy (non-hydrogen) atoms. The molecule has 0 bridgehead atoms. The maximum atomic E-state index is 13.4. The Kier molecular flexibility index (Phi) is 7.90. The highest BCUT2D eigenvalue weighted by molar-refractivity contribution is 5.94. The number of carbonyl (C=O) groups is 2. The Morgan fingerprint density at radius 1 is 0.939 bits per heavy atom. The van der Waals surface area contributed by atoms with E-state index in [1.54, 1.807) is 0 Å². The molecule has 0 spiro atoms. The van der Waals surface area contributed by atoms with Crippen molar-refractivity contribution in [2.75, 3.05) is 13.1 Å². The number of benzene rings is 2. The Balaban J connectivity index is 1.89. The summed E-state index contributed by atoms with van der Waals surface area (Å²) in [7, 11) is 0. The second-order valence-corrected chi connectivity index (χ2v) is 9.69. The molecule has 3 rings (SSSR count). The van der Waals surface area contributed by atoms with Crippen LogP contribution in [-0.2, 0) is 11.3 Å². The molecule has 1 unspecified atom stereocenters. The summed E-state index contributed by atoms with van der Waals surface area (Å²) < 4.78 is 1.95. The minimum atomic E-state index is -0.359. The van der Waals surface area contributed by atoms with Gasteiger partial charge in [-0.2, -0.15) is 0 Å². The third kappa shape index (κ3) is 6.21. The molecule has 2 aromatic carbocycles. The third-order valence-corrected chi connectivity index (χ3v) is 5.55. The number of nitrogens with zero attached hydrogens (tertiary/aromatic N) is 3. The number of fused-ring (bicyclic) bond motifs is 1. The molecule has 0 aliphatic rings. The molecule has 1 N–H and O–H groups in total. The molecule has 6 heteroatoms. The van der Waals surface area contributed by atoms with Crippen molar-refractivity contribution in [2.24, 2.45) is 11.8 Å². The van der Waals surface area contributed by atoms with Gasteiger partial charge in [0.1, 0.15) is 12.4 Å². The van der Waals surface area contributed by atoms with E-state index in [0.717, 1.165) is 29.7 Å². The van der Waals surface area contributed by atoms with Crippen LogP contribution in [0.2, 0.25) is 0 Å². The first-order valence-corrected chi connectivity index (χ1v) is 11.8. The molecular formula is C27H36N4O2. The monoisotopic (exact) mass is 448 g/mol. The zero-order valence-corrected chi connectivity index (χ0v) is 20.6. The van der Waals surface area contributed by atoms with E-state index in [0.29, 0.717) is 23.2 Å². The molecule has 0 radical (unpaired) electrons. The van der Waals surface area contributed by atoms with Crippen molar-refractivity contribution in [3.63, 3.8) is 0 Å². The maximum Gasteiger partial charge on any atom is 0.251 e. The summed E-state index contributed by atoms with van der Waals surface area (Å²) in [4.78, 5) is 32.9. The van der Waals surface area contributed by atoms with Crippen LogP contribution in [0, 0.1) is 18.8 Å². The summed E-state index contributed by atoms with van der Waals surface area (Å²) in [6.07, 6.45) is 0. The van der Waals surface area contributed by atoms with Crippen LogP contribution in [0.15, 0.2) is 48.5 Å². The van der Waals surface area contributed by atoms with Crippen molar-refractivity contribution < 1.29 is 9.59 Å². The normalized spacial score (nSPS) is 12.4. The van der Waals surface area contributed by atoms with Gasteiger partial charge in [0.05, 0.1) is 17.1 Å². The van der Waals surface area contributed by atoms with Gasteiger partial charge in [-0.3, -0.25) is 9.59 Å². The molecule has 176 valence electrons. The van der Waals surface area contributed by atoms with Gasteiger partial charge in [0.25, 0.3) is 5.91 Å². The Labute approximate surface area is 197 Å². The summed E-state index contributed by atoms with van der Waals surface area (Å²) in [6.45, 7) is 14.0. The fourth-order valence-corrected chi connectivity index (χ4v) is 4.04. The highest BCUT2D eigenvalue weighted by atomic mass is 16.2. The predicted octanol–water partition coefficient (Wildman–Crippen LogP) is 4.98. The van der Waals surface area contributed by atoms with Crippen LogP contribution in [0.4, 0.5) is 0 Å². The fourth-order valence-electron chi connectivity index (χ4n) is 4.04. The zero-order valence-electron chi connectivity index (χ0n) is 20.6. The number of rotatable bonds is 9. The Morgan fingerprint density at radius 3 is 2.15 bits per heavy atom. The van der Waals surface area contributed by atoms with Gasteiger partial charge in [0.15, 0.2) is 0 Å². The summed E-state index contributed by atoms with van der Waals surface area (Å²) in [5.41, 5.74) is 3.42. The quantitative estimate of drug-likeness (QED) is 0.502. The van der Waals surface area contributed by atoms with E-state index in [9.17, 15) is 9.59 Å². The first-order chi connectivity index (χ1) is 15.7. The minimum Gasteiger partial charge on any atom is -0.342 e. The van der Waals surface area contributed by atoms with Crippen molar-refractivity contribution in [3.8, 4) is 0 Å². The molecule has 1 atom stereocenters. The van der Waals surface area contributed by atoms with Crippen LogP contribution < -0.4 is 5.32 Å². The van der Waals surface area contributed by atoms with Crippen molar-refractivity contribution >= 4 is 22.8 Å². The molecule has 1 heterocycles. The number of imidazole rings is 1. The van der Waals surface area contributed by atoms with E-state index in [1.165, 1.54) is 0 Å². The molecule has 6 nitrogen and oxygen atoms in total. The van der Waals surface area contributed by atoms with Crippen LogP contribution in [0.1, 0.15) is 62.4 Å². The zero-order chi connectivity index (χ0) is 24.1. The smallest absolute Gasteiger partial charge is 0.251 e. The van der Waals surface area contributed by atoms with E-state index in [-0.39, 0.29) is 24.4 Å². The van der Waals surface area contributed by atoms with Crippen LogP contribution in [0.3, 0.4) is 0 Å². The molecular weight excluding hydrogens is 412 g/mol. The summed E-state index contributed by atoms with van der Waals surface area (Å²) in [5, 5.41) is 3.05. The van der Waals surface area contributed by atoms with Gasteiger partial charge in [-0.05, 0) is 49.9 Å². The third-order valence-electron chi connectivity index (χ3n) is 5.55. The largest absolute Gasteiger partial charge is 0.342 e. The molecule has 0 aliphatic heterocycles. The van der Waals surface area contributed by atoms with Crippen LogP contribution >= 0.6 is 0 Å². The maximum absolute atomic E-state index is 13.4.